The van der Waals surface area contributed by atoms with Crippen LogP contribution >= 0.6 is 0 Å². The fourth-order valence-electron chi connectivity index (χ4n) is 3.67. The minimum atomic E-state index is 0.0998. The van der Waals surface area contributed by atoms with Crippen LogP contribution in [0.3, 0.4) is 0 Å². The molecule has 1 aliphatic rings. The Balaban J connectivity index is 1.76. The molecule has 1 atom stereocenters. The van der Waals surface area contributed by atoms with E-state index >= 15 is 0 Å². The number of likely N-dealkylation sites (tertiary alicyclic amines) is 1. The smallest absolute Gasteiger partial charge is 0.241 e. The second kappa shape index (κ2) is 10.2. The van der Waals surface area contributed by atoms with Crippen molar-refractivity contribution < 1.29 is 14.3 Å². The van der Waals surface area contributed by atoms with Crippen molar-refractivity contribution in [2.45, 2.75) is 32.6 Å². The third-order valence-corrected chi connectivity index (χ3v) is 5.38. The molecule has 29 heavy (non-hydrogen) atoms. The molecule has 1 aromatic heterocycles. The molecule has 156 valence electrons. The van der Waals surface area contributed by atoms with Gasteiger partial charge in [0, 0.05) is 31.4 Å². The van der Waals surface area contributed by atoms with Crippen molar-refractivity contribution in [3.63, 3.8) is 0 Å². The number of para-hydroxylation sites is 2. The Morgan fingerprint density at radius 2 is 1.90 bits per heavy atom. The zero-order valence-electron chi connectivity index (χ0n) is 17.5. The van der Waals surface area contributed by atoms with E-state index < -0.39 is 0 Å². The third-order valence-electron chi connectivity index (χ3n) is 5.38. The highest BCUT2D eigenvalue weighted by Crippen LogP contribution is 2.35. The van der Waals surface area contributed by atoms with Crippen LogP contribution in [0.4, 0.5) is 0 Å². The van der Waals surface area contributed by atoms with E-state index in [-0.39, 0.29) is 11.8 Å². The van der Waals surface area contributed by atoms with Gasteiger partial charge in [0.05, 0.1) is 13.7 Å². The van der Waals surface area contributed by atoms with Gasteiger partial charge < -0.3 is 14.4 Å². The predicted octanol–water partition coefficient (Wildman–Crippen LogP) is 3.33. The molecule has 1 aliphatic heterocycles. The number of benzene rings is 1. The van der Waals surface area contributed by atoms with E-state index in [0.717, 1.165) is 38.2 Å². The van der Waals surface area contributed by atoms with Crippen LogP contribution in [0.1, 0.15) is 38.3 Å². The van der Waals surface area contributed by atoms with E-state index in [0.29, 0.717) is 30.5 Å². The lowest BCUT2D eigenvalue weighted by atomic mass is 9.94. The van der Waals surface area contributed by atoms with Gasteiger partial charge >= 0.3 is 0 Å². The molecule has 1 aromatic carbocycles. The number of carbonyl (C=O) groups excluding carboxylic acids is 1. The monoisotopic (exact) mass is 398 g/mol. The van der Waals surface area contributed by atoms with Crippen LogP contribution in [0.5, 0.6) is 17.4 Å². The molecule has 1 saturated heterocycles. The molecule has 2 heterocycles. The van der Waals surface area contributed by atoms with Gasteiger partial charge in [-0.15, -0.1) is 0 Å². The lowest BCUT2D eigenvalue weighted by Gasteiger charge is -2.34. The highest BCUT2D eigenvalue weighted by molar-refractivity contribution is 5.78. The number of amides is 1. The average Bonchev–Trinajstić information content (AvgIpc) is 2.78. The number of nitrogens with zero attached hydrogens (tertiary/aromatic N) is 4. The highest BCUT2D eigenvalue weighted by atomic mass is 16.5. The van der Waals surface area contributed by atoms with Gasteiger partial charge in [0.2, 0.25) is 11.8 Å². The summed E-state index contributed by atoms with van der Waals surface area (Å²) in [5.74, 6) is 1.99. The first-order chi connectivity index (χ1) is 14.2. The largest absolute Gasteiger partial charge is 0.493 e. The van der Waals surface area contributed by atoms with Crippen LogP contribution in [0.15, 0.2) is 36.7 Å². The maximum Gasteiger partial charge on any atom is 0.241 e. The summed E-state index contributed by atoms with van der Waals surface area (Å²) < 4.78 is 11.4. The van der Waals surface area contributed by atoms with Gasteiger partial charge in [-0.1, -0.05) is 26.0 Å². The van der Waals surface area contributed by atoms with Crippen molar-refractivity contribution >= 4 is 5.91 Å². The second-order valence-electron chi connectivity index (χ2n) is 7.14. The summed E-state index contributed by atoms with van der Waals surface area (Å²) in [5.41, 5.74) is 0.791. The molecule has 7 nitrogen and oxygen atoms in total. The van der Waals surface area contributed by atoms with E-state index in [9.17, 15) is 4.79 Å². The number of methoxy groups -OCH3 is 1. The topological polar surface area (TPSA) is 67.8 Å². The minimum absolute atomic E-state index is 0.0998. The molecular formula is C22H30N4O3. The molecule has 0 N–H and O–H groups in total. The SMILES string of the molecule is CCN(CC)CC(=O)N1CCCC(c2nccnc2Oc2ccccc2OC)C1. The van der Waals surface area contributed by atoms with Crippen LogP contribution in [0, 0.1) is 0 Å². The van der Waals surface area contributed by atoms with E-state index in [1.807, 2.05) is 29.2 Å². The fraction of sp³-hybridized carbons (Fsp3) is 0.500. The van der Waals surface area contributed by atoms with Gasteiger partial charge in [0.1, 0.15) is 5.69 Å². The van der Waals surface area contributed by atoms with Crippen molar-refractivity contribution in [3.8, 4) is 17.4 Å². The molecule has 1 amide bonds. The standard InChI is InChI=1S/C22H30N4O3/c1-4-25(5-2)16-20(27)26-14-8-9-17(15-26)21-22(24-13-12-23-21)29-19-11-7-6-10-18(19)28-3/h6-7,10-13,17H,4-5,8-9,14-16H2,1-3H3. The summed E-state index contributed by atoms with van der Waals surface area (Å²) in [4.78, 5) is 25.8. The maximum atomic E-state index is 12.8. The zero-order valence-corrected chi connectivity index (χ0v) is 17.5. The molecule has 1 fully saturated rings. The fourth-order valence-corrected chi connectivity index (χ4v) is 3.67. The van der Waals surface area contributed by atoms with Crippen LogP contribution in [0.2, 0.25) is 0 Å². The zero-order chi connectivity index (χ0) is 20.6. The first kappa shape index (κ1) is 21.0. The summed E-state index contributed by atoms with van der Waals surface area (Å²) in [6.07, 6.45) is 5.21. The highest BCUT2D eigenvalue weighted by Gasteiger charge is 2.29. The maximum absolute atomic E-state index is 12.8. The predicted molar refractivity (Wildman–Crippen MR) is 111 cm³/mol. The molecule has 0 radical (unpaired) electrons. The van der Waals surface area contributed by atoms with Crippen LogP contribution < -0.4 is 9.47 Å². The van der Waals surface area contributed by atoms with Gasteiger partial charge in [-0.25, -0.2) is 4.98 Å². The molecule has 0 saturated carbocycles. The Morgan fingerprint density at radius 1 is 1.17 bits per heavy atom. The molecule has 1 unspecified atom stereocenters. The molecule has 3 rings (SSSR count). The summed E-state index contributed by atoms with van der Waals surface area (Å²) in [6, 6.07) is 7.48. The van der Waals surface area contributed by atoms with Crippen molar-refractivity contribution in [1.29, 1.82) is 0 Å². The van der Waals surface area contributed by atoms with Crippen molar-refractivity contribution in [1.82, 2.24) is 19.8 Å². The minimum Gasteiger partial charge on any atom is -0.493 e. The Hall–Kier alpha value is -2.67. The molecule has 0 bridgehead atoms. The summed E-state index contributed by atoms with van der Waals surface area (Å²) in [6.45, 7) is 7.81. The Labute approximate surface area is 172 Å². The number of carbonyl (C=O) groups is 1. The van der Waals surface area contributed by atoms with Crippen molar-refractivity contribution in [3.05, 3.63) is 42.4 Å². The van der Waals surface area contributed by atoms with Crippen molar-refractivity contribution in [2.24, 2.45) is 0 Å². The summed E-state index contributed by atoms with van der Waals surface area (Å²) in [7, 11) is 1.61. The first-order valence-electron chi connectivity index (χ1n) is 10.3. The van der Waals surface area contributed by atoms with Crippen LogP contribution in [-0.2, 0) is 4.79 Å². The molecule has 0 aliphatic carbocycles. The molecule has 2 aromatic rings. The normalized spacial score (nSPS) is 16.7. The second-order valence-corrected chi connectivity index (χ2v) is 7.14. The van der Waals surface area contributed by atoms with Gasteiger partial charge in [-0.2, -0.15) is 0 Å². The Kier molecular flexibility index (Phi) is 7.41. The number of hydrogen-bond acceptors (Lipinski definition) is 6. The van der Waals surface area contributed by atoms with Crippen LogP contribution in [-0.4, -0.2) is 65.5 Å². The summed E-state index contributed by atoms with van der Waals surface area (Å²) >= 11 is 0. The lowest BCUT2D eigenvalue weighted by Crippen LogP contribution is -2.44. The third kappa shape index (κ3) is 5.23. The van der Waals surface area contributed by atoms with Crippen molar-refractivity contribution in [2.75, 3.05) is 39.8 Å². The van der Waals surface area contributed by atoms with E-state index in [2.05, 4.69) is 28.7 Å². The molecule has 7 heteroatoms. The quantitative estimate of drug-likeness (QED) is 0.679. The Morgan fingerprint density at radius 3 is 2.62 bits per heavy atom. The van der Waals surface area contributed by atoms with Crippen LogP contribution in [0.25, 0.3) is 0 Å². The first-order valence-corrected chi connectivity index (χ1v) is 10.3. The van der Waals surface area contributed by atoms with Gasteiger partial charge in [0.15, 0.2) is 11.5 Å². The Bertz CT molecular complexity index is 810. The number of likely N-dealkylation sites (N-methyl/N-ethyl adjacent to an activating group) is 1. The van der Waals surface area contributed by atoms with E-state index in [1.54, 1.807) is 19.5 Å². The van der Waals surface area contributed by atoms with E-state index in [1.165, 1.54) is 0 Å². The number of ether oxygens (including phenoxy) is 2. The summed E-state index contributed by atoms with van der Waals surface area (Å²) in [5, 5.41) is 0. The molecular weight excluding hydrogens is 368 g/mol. The number of hydrogen-bond donors (Lipinski definition) is 0. The lowest BCUT2D eigenvalue weighted by molar-refractivity contribution is -0.133. The number of aromatic nitrogens is 2. The molecule has 0 spiro atoms. The average molecular weight is 399 g/mol. The van der Waals surface area contributed by atoms with E-state index in [4.69, 9.17) is 9.47 Å². The number of piperidine rings is 1. The number of rotatable bonds is 8. The van der Waals surface area contributed by atoms with Gasteiger partial charge in [-0.05, 0) is 38.1 Å². The van der Waals surface area contributed by atoms with Gasteiger partial charge in [-0.3, -0.25) is 14.7 Å². The van der Waals surface area contributed by atoms with Gasteiger partial charge in [0.25, 0.3) is 0 Å².